The maximum Gasteiger partial charge on any atom is 0.416 e. The average molecular weight is 381 g/mol. The Bertz CT molecular complexity index is 1000. The molecule has 6 nitrogen and oxygen atoms in total. The SMILES string of the molecule is CC1=C(C)C(O/C=C(/C(=O)O)n2ccc3cc(C(F)(F)F)ccc32)OC1=O. The number of carboxylic acids is 1. The van der Waals surface area contributed by atoms with Gasteiger partial charge in [0.15, 0.2) is 5.70 Å². The van der Waals surface area contributed by atoms with Crippen LogP contribution in [0, 0.1) is 0 Å². The molecule has 1 aliphatic rings. The molecule has 1 N–H and O–H groups in total. The fraction of sp³-hybridized carbons (Fsp3) is 0.222. The Morgan fingerprint density at radius 3 is 2.56 bits per heavy atom. The largest absolute Gasteiger partial charge is 0.476 e. The first-order valence-corrected chi connectivity index (χ1v) is 7.75. The monoisotopic (exact) mass is 381 g/mol. The normalized spacial score (nSPS) is 18.2. The van der Waals surface area contributed by atoms with Crippen molar-refractivity contribution in [2.24, 2.45) is 0 Å². The number of cyclic esters (lactones) is 1. The molecular weight excluding hydrogens is 367 g/mol. The van der Waals surface area contributed by atoms with Crippen LogP contribution in [0.5, 0.6) is 0 Å². The molecule has 0 aliphatic carbocycles. The van der Waals surface area contributed by atoms with Crippen molar-refractivity contribution in [1.82, 2.24) is 4.57 Å². The molecule has 0 saturated heterocycles. The molecule has 27 heavy (non-hydrogen) atoms. The number of nitrogens with zero attached hydrogens (tertiary/aromatic N) is 1. The summed E-state index contributed by atoms with van der Waals surface area (Å²) in [5.74, 6) is -1.93. The molecule has 1 unspecified atom stereocenters. The topological polar surface area (TPSA) is 77.8 Å². The van der Waals surface area contributed by atoms with Gasteiger partial charge in [0.25, 0.3) is 6.29 Å². The number of alkyl halides is 3. The highest BCUT2D eigenvalue weighted by atomic mass is 19.4. The predicted molar refractivity (Wildman–Crippen MR) is 88.2 cm³/mol. The number of benzene rings is 1. The highest BCUT2D eigenvalue weighted by molar-refractivity contribution is 6.10. The van der Waals surface area contributed by atoms with Gasteiger partial charge in [-0.05, 0) is 38.1 Å². The van der Waals surface area contributed by atoms with E-state index in [-0.39, 0.29) is 16.6 Å². The minimum Gasteiger partial charge on any atom is -0.476 e. The first-order valence-electron chi connectivity index (χ1n) is 7.75. The van der Waals surface area contributed by atoms with Crippen LogP contribution in [0.2, 0.25) is 0 Å². The third-order valence-corrected chi connectivity index (χ3v) is 4.26. The summed E-state index contributed by atoms with van der Waals surface area (Å²) in [5.41, 5.74) is -0.0474. The van der Waals surface area contributed by atoms with Gasteiger partial charge in [0.1, 0.15) is 6.26 Å². The van der Waals surface area contributed by atoms with Gasteiger partial charge >= 0.3 is 18.1 Å². The van der Waals surface area contributed by atoms with Gasteiger partial charge in [-0.1, -0.05) is 0 Å². The Balaban J connectivity index is 1.96. The lowest BCUT2D eigenvalue weighted by molar-refractivity contribution is -0.152. The second-order valence-corrected chi connectivity index (χ2v) is 5.95. The van der Waals surface area contributed by atoms with Crippen LogP contribution in [-0.2, 0) is 25.2 Å². The van der Waals surface area contributed by atoms with Crippen molar-refractivity contribution in [3.8, 4) is 0 Å². The number of fused-ring (bicyclic) bond motifs is 1. The molecular formula is C18H14F3NO5. The summed E-state index contributed by atoms with van der Waals surface area (Å²) in [7, 11) is 0. The van der Waals surface area contributed by atoms with E-state index in [1.807, 2.05) is 0 Å². The number of carbonyl (C=O) groups excluding carboxylic acids is 1. The zero-order valence-electron chi connectivity index (χ0n) is 14.2. The summed E-state index contributed by atoms with van der Waals surface area (Å²) >= 11 is 0. The predicted octanol–water partition coefficient (Wildman–Crippen LogP) is 3.78. The van der Waals surface area contributed by atoms with Gasteiger partial charge in [0.2, 0.25) is 0 Å². The van der Waals surface area contributed by atoms with Crippen LogP contribution in [0.3, 0.4) is 0 Å². The van der Waals surface area contributed by atoms with Gasteiger partial charge in [-0.25, -0.2) is 9.59 Å². The van der Waals surface area contributed by atoms with E-state index < -0.39 is 30.0 Å². The summed E-state index contributed by atoms with van der Waals surface area (Å²) in [5, 5.41) is 9.68. The summed E-state index contributed by atoms with van der Waals surface area (Å²) in [6.45, 7) is 3.17. The van der Waals surface area contributed by atoms with Crippen LogP contribution in [0.4, 0.5) is 13.2 Å². The molecule has 1 atom stereocenters. The first kappa shape index (κ1) is 18.6. The summed E-state index contributed by atoms with van der Waals surface area (Å²) in [6, 6.07) is 4.35. The molecule has 0 saturated carbocycles. The highest BCUT2D eigenvalue weighted by Gasteiger charge is 2.31. The maximum atomic E-state index is 12.8. The molecule has 0 radical (unpaired) electrons. The van der Waals surface area contributed by atoms with Gasteiger partial charge in [0, 0.05) is 22.7 Å². The van der Waals surface area contributed by atoms with Crippen LogP contribution < -0.4 is 0 Å². The number of hydrogen-bond donors (Lipinski definition) is 1. The first-order chi connectivity index (χ1) is 12.6. The van der Waals surface area contributed by atoms with Gasteiger partial charge in [0.05, 0.1) is 11.1 Å². The Morgan fingerprint density at radius 1 is 1.30 bits per heavy atom. The van der Waals surface area contributed by atoms with Crippen LogP contribution in [0.25, 0.3) is 16.6 Å². The van der Waals surface area contributed by atoms with Gasteiger partial charge < -0.3 is 19.1 Å². The van der Waals surface area contributed by atoms with Crippen molar-refractivity contribution in [2.45, 2.75) is 26.3 Å². The number of carbonyl (C=O) groups is 2. The minimum atomic E-state index is -4.50. The Hall–Kier alpha value is -3.23. The number of aliphatic carboxylic acids is 1. The molecule has 2 aromatic rings. The molecule has 0 spiro atoms. The molecule has 0 fully saturated rings. The number of halogens is 3. The standard InChI is InChI=1S/C18H14F3NO5/c1-9-10(2)17(27-16(9)25)26-8-14(15(23)24)22-6-5-11-7-12(18(19,20)21)3-4-13(11)22/h3-8,17H,1-2H3,(H,23,24)/b14-8-. The minimum absolute atomic E-state index is 0.219. The van der Waals surface area contributed by atoms with Crippen molar-refractivity contribution < 1.29 is 37.3 Å². The third kappa shape index (κ3) is 3.40. The number of carboxylic acid groups (broad SMARTS) is 1. The second-order valence-electron chi connectivity index (χ2n) is 5.95. The van der Waals surface area contributed by atoms with Gasteiger partial charge in [-0.15, -0.1) is 0 Å². The van der Waals surface area contributed by atoms with E-state index in [0.717, 1.165) is 18.4 Å². The summed E-state index contributed by atoms with van der Waals surface area (Å²) in [6.07, 6.45) is -3.33. The van der Waals surface area contributed by atoms with Crippen LogP contribution in [0.15, 0.2) is 47.9 Å². The van der Waals surface area contributed by atoms with E-state index >= 15 is 0 Å². The summed E-state index contributed by atoms with van der Waals surface area (Å²) in [4.78, 5) is 23.1. The third-order valence-electron chi connectivity index (χ3n) is 4.26. The zero-order chi connectivity index (χ0) is 19.9. The molecule has 1 aromatic carbocycles. The smallest absolute Gasteiger partial charge is 0.416 e. The van der Waals surface area contributed by atoms with Crippen LogP contribution in [-0.4, -0.2) is 27.9 Å². The molecule has 2 heterocycles. The Kier molecular flexibility index (Phi) is 4.46. The summed E-state index contributed by atoms with van der Waals surface area (Å²) < 4.78 is 49.9. The fourth-order valence-corrected chi connectivity index (χ4v) is 2.61. The molecule has 9 heteroatoms. The van der Waals surface area contributed by atoms with Crippen molar-refractivity contribution in [3.05, 3.63) is 53.4 Å². The fourth-order valence-electron chi connectivity index (χ4n) is 2.61. The lowest BCUT2D eigenvalue weighted by atomic mass is 10.1. The lowest BCUT2D eigenvalue weighted by Gasteiger charge is -2.13. The second kappa shape index (κ2) is 6.49. The molecule has 142 valence electrons. The van der Waals surface area contributed by atoms with Crippen molar-refractivity contribution in [2.75, 3.05) is 0 Å². The van der Waals surface area contributed by atoms with Gasteiger partial charge in [-0.3, -0.25) is 0 Å². The van der Waals surface area contributed by atoms with Crippen LogP contribution >= 0.6 is 0 Å². The van der Waals surface area contributed by atoms with Crippen LogP contribution in [0.1, 0.15) is 19.4 Å². The van der Waals surface area contributed by atoms with E-state index in [4.69, 9.17) is 9.47 Å². The Labute approximate surface area is 151 Å². The quantitative estimate of drug-likeness (QED) is 0.496. The highest BCUT2D eigenvalue weighted by Crippen LogP contribution is 2.32. The zero-order valence-corrected chi connectivity index (χ0v) is 14.2. The van der Waals surface area contributed by atoms with E-state index in [0.29, 0.717) is 11.1 Å². The molecule has 0 bridgehead atoms. The van der Waals surface area contributed by atoms with Crippen molar-refractivity contribution in [3.63, 3.8) is 0 Å². The number of rotatable bonds is 4. The average Bonchev–Trinajstić information content (AvgIpc) is 3.11. The van der Waals surface area contributed by atoms with E-state index in [1.165, 1.54) is 22.9 Å². The number of hydrogen-bond acceptors (Lipinski definition) is 4. The molecule has 3 rings (SSSR count). The maximum absolute atomic E-state index is 12.8. The molecule has 1 aliphatic heterocycles. The number of esters is 1. The van der Waals surface area contributed by atoms with Crippen molar-refractivity contribution >= 4 is 28.5 Å². The molecule has 1 aromatic heterocycles. The van der Waals surface area contributed by atoms with E-state index in [2.05, 4.69) is 0 Å². The van der Waals surface area contributed by atoms with E-state index in [1.54, 1.807) is 13.8 Å². The number of aromatic nitrogens is 1. The lowest BCUT2D eigenvalue weighted by Crippen LogP contribution is -2.14. The van der Waals surface area contributed by atoms with E-state index in [9.17, 15) is 27.9 Å². The van der Waals surface area contributed by atoms with Gasteiger partial charge in [-0.2, -0.15) is 13.2 Å². The van der Waals surface area contributed by atoms with Crippen molar-refractivity contribution in [1.29, 1.82) is 0 Å². The number of ether oxygens (including phenoxy) is 2. The molecule has 0 amide bonds. The Morgan fingerprint density at radius 2 is 2.00 bits per heavy atom.